The highest BCUT2D eigenvalue weighted by Crippen LogP contribution is 2.42. The number of amides is 1. The van der Waals surface area contributed by atoms with Gasteiger partial charge < -0.3 is 10.2 Å². The zero-order valence-corrected chi connectivity index (χ0v) is 22.4. The van der Waals surface area contributed by atoms with Crippen molar-refractivity contribution >= 4 is 16.7 Å². The first-order valence-electron chi connectivity index (χ1n) is 14.0. The van der Waals surface area contributed by atoms with Crippen LogP contribution in [0.15, 0.2) is 97.1 Å². The molecule has 0 spiro atoms. The molecular weight excluding hydrogens is 466 g/mol. The molecule has 3 atom stereocenters. The van der Waals surface area contributed by atoms with Crippen molar-refractivity contribution < 1.29 is 4.79 Å². The Bertz CT molecular complexity index is 1400. The monoisotopic (exact) mass is 503 g/mol. The number of carbonyl (C=O) groups is 1. The molecule has 0 aliphatic carbocycles. The van der Waals surface area contributed by atoms with Gasteiger partial charge in [-0.2, -0.15) is 0 Å². The van der Waals surface area contributed by atoms with Crippen molar-refractivity contribution in [3.05, 3.63) is 119 Å². The predicted molar refractivity (Wildman–Crippen MR) is 155 cm³/mol. The molecule has 194 valence electrons. The standard InChI is InChI=1S/C34H37N3O/c1-24(2)34(22-35-23-36-34)29-17-15-27(16-18-29)33(38)37-20-19-28(21-32(37)26-10-4-3-5-11-26)31-14-8-12-25-9-6-7-13-30(25)31/h3-18,24,28,32,35-36H,19-23H2,1-2H3/t28?,32?,34-/m1/s1. The molecule has 2 heterocycles. The lowest BCUT2D eigenvalue weighted by atomic mass is 9.80. The smallest absolute Gasteiger partial charge is 0.254 e. The lowest BCUT2D eigenvalue weighted by Gasteiger charge is -2.40. The Morgan fingerprint density at radius 2 is 1.63 bits per heavy atom. The molecule has 0 saturated carbocycles. The topological polar surface area (TPSA) is 44.4 Å². The molecule has 2 fully saturated rings. The molecule has 4 aromatic carbocycles. The van der Waals surface area contributed by atoms with E-state index in [1.165, 1.54) is 27.5 Å². The van der Waals surface area contributed by atoms with E-state index in [1.54, 1.807) is 0 Å². The second-order valence-corrected chi connectivity index (χ2v) is 11.2. The van der Waals surface area contributed by atoms with Gasteiger partial charge in [-0.3, -0.25) is 10.1 Å². The van der Waals surface area contributed by atoms with E-state index in [4.69, 9.17) is 0 Å². The number of benzene rings is 4. The molecule has 0 bridgehead atoms. The summed E-state index contributed by atoms with van der Waals surface area (Å²) < 4.78 is 0. The maximum absolute atomic E-state index is 14.0. The summed E-state index contributed by atoms with van der Waals surface area (Å²) in [6, 6.07) is 34.3. The predicted octanol–water partition coefficient (Wildman–Crippen LogP) is 6.60. The van der Waals surface area contributed by atoms with Crippen LogP contribution < -0.4 is 10.6 Å². The molecule has 2 saturated heterocycles. The van der Waals surface area contributed by atoms with Gasteiger partial charge in [-0.1, -0.05) is 98.8 Å². The lowest BCUT2D eigenvalue weighted by Crippen LogP contribution is -2.44. The fraction of sp³-hybridized carbons (Fsp3) is 0.324. The maximum atomic E-state index is 14.0. The molecule has 1 amide bonds. The van der Waals surface area contributed by atoms with Crippen LogP contribution in [0, 0.1) is 5.92 Å². The van der Waals surface area contributed by atoms with Gasteiger partial charge in [0.2, 0.25) is 0 Å². The number of hydrogen-bond donors (Lipinski definition) is 2. The number of nitrogens with zero attached hydrogens (tertiary/aromatic N) is 1. The third-order valence-electron chi connectivity index (χ3n) is 8.88. The van der Waals surface area contributed by atoms with E-state index in [1.807, 2.05) is 12.1 Å². The summed E-state index contributed by atoms with van der Waals surface area (Å²) in [6.07, 6.45) is 1.89. The molecule has 2 aliphatic heterocycles. The van der Waals surface area contributed by atoms with Crippen LogP contribution in [-0.4, -0.2) is 30.6 Å². The first-order chi connectivity index (χ1) is 18.6. The third-order valence-corrected chi connectivity index (χ3v) is 8.88. The van der Waals surface area contributed by atoms with Crippen molar-refractivity contribution in [2.24, 2.45) is 5.92 Å². The molecule has 0 aromatic heterocycles. The van der Waals surface area contributed by atoms with Crippen LogP contribution >= 0.6 is 0 Å². The van der Waals surface area contributed by atoms with Gasteiger partial charge in [-0.05, 0) is 64.3 Å². The van der Waals surface area contributed by atoms with Gasteiger partial charge in [0.05, 0.1) is 11.6 Å². The highest BCUT2D eigenvalue weighted by atomic mass is 16.2. The van der Waals surface area contributed by atoms with Crippen molar-refractivity contribution in [1.29, 1.82) is 0 Å². The largest absolute Gasteiger partial charge is 0.332 e. The van der Waals surface area contributed by atoms with Crippen LogP contribution in [0.3, 0.4) is 0 Å². The summed E-state index contributed by atoms with van der Waals surface area (Å²) in [7, 11) is 0. The third kappa shape index (κ3) is 4.42. The molecule has 2 aliphatic rings. The molecule has 2 unspecified atom stereocenters. The number of nitrogens with one attached hydrogen (secondary N) is 2. The normalized spacial score (nSPS) is 23.7. The summed E-state index contributed by atoms with van der Waals surface area (Å²) in [5.74, 6) is 0.969. The fourth-order valence-electron chi connectivity index (χ4n) is 6.65. The quantitative estimate of drug-likeness (QED) is 0.322. The minimum atomic E-state index is -0.0923. The molecule has 6 rings (SSSR count). The number of fused-ring (bicyclic) bond motifs is 1. The van der Waals surface area contributed by atoms with E-state index < -0.39 is 0 Å². The van der Waals surface area contributed by atoms with Crippen molar-refractivity contribution in [2.75, 3.05) is 19.8 Å². The number of carbonyl (C=O) groups excluding carboxylic acids is 1. The van der Waals surface area contributed by atoms with Crippen LogP contribution in [0.25, 0.3) is 10.8 Å². The zero-order valence-electron chi connectivity index (χ0n) is 22.4. The first-order valence-corrected chi connectivity index (χ1v) is 14.0. The van der Waals surface area contributed by atoms with Crippen LogP contribution in [0.2, 0.25) is 0 Å². The second kappa shape index (κ2) is 10.4. The molecule has 4 heteroatoms. The van der Waals surface area contributed by atoms with Gasteiger partial charge in [-0.25, -0.2) is 0 Å². The summed E-state index contributed by atoms with van der Waals surface area (Å²) in [6.45, 7) is 6.96. The highest BCUT2D eigenvalue weighted by molar-refractivity contribution is 5.94. The van der Waals surface area contributed by atoms with Crippen LogP contribution in [-0.2, 0) is 5.54 Å². The highest BCUT2D eigenvalue weighted by Gasteiger charge is 2.39. The average molecular weight is 504 g/mol. The molecule has 4 aromatic rings. The first kappa shape index (κ1) is 24.8. The summed E-state index contributed by atoms with van der Waals surface area (Å²) >= 11 is 0. The van der Waals surface area contributed by atoms with Crippen molar-refractivity contribution in [3.63, 3.8) is 0 Å². The number of piperidine rings is 1. The molecule has 0 radical (unpaired) electrons. The van der Waals surface area contributed by atoms with Crippen LogP contribution in [0.5, 0.6) is 0 Å². The van der Waals surface area contributed by atoms with E-state index in [0.717, 1.165) is 38.2 Å². The molecule has 4 nitrogen and oxygen atoms in total. The van der Waals surface area contributed by atoms with E-state index >= 15 is 0 Å². The summed E-state index contributed by atoms with van der Waals surface area (Å²) in [5.41, 5.74) is 4.52. The van der Waals surface area contributed by atoms with E-state index in [-0.39, 0.29) is 17.5 Å². The summed E-state index contributed by atoms with van der Waals surface area (Å²) in [4.78, 5) is 16.1. The van der Waals surface area contributed by atoms with Gasteiger partial charge in [0.25, 0.3) is 5.91 Å². The molecule has 38 heavy (non-hydrogen) atoms. The molecule has 2 N–H and O–H groups in total. The Balaban J connectivity index is 1.30. The van der Waals surface area contributed by atoms with Crippen LogP contribution in [0.4, 0.5) is 0 Å². The van der Waals surface area contributed by atoms with Crippen molar-refractivity contribution in [2.45, 2.75) is 44.2 Å². The van der Waals surface area contributed by atoms with E-state index in [0.29, 0.717) is 11.8 Å². The SMILES string of the molecule is CC(C)[C@@]1(c2ccc(C(=O)N3CCC(c4cccc5ccccc45)CC3c3ccccc3)cc2)CNCN1. The lowest BCUT2D eigenvalue weighted by molar-refractivity contribution is 0.0590. The Morgan fingerprint density at radius 1 is 0.895 bits per heavy atom. The van der Waals surface area contributed by atoms with Gasteiger partial charge in [0.1, 0.15) is 0 Å². The zero-order chi connectivity index (χ0) is 26.1. The van der Waals surface area contributed by atoms with Gasteiger partial charge in [0, 0.05) is 25.3 Å². The number of hydrogen-bond acceptors (Lipinski definition) is 3. The Morgan fingerprint density at radius 3 is 2.37 bits per heavy atom. The Labute approximate surface area is 226 Å². The van der Waals surface area contributed by atoms with Gasteiger partial charge >= 0.3 is 0 Å². The summed E-state index contributed by atoms with van der Waals surface area (Å²) in [5, 5.41) is 9.71. The minimum Gasteiger partial charge on any atom is -0.332 e. The fourth-order valence-corrected chi connectivity index (χ4v) is 6.65. The number of rotatable bonds is 5. The number of likely N-dealkylation sites (tertiary alicyclic amines) is 1. The minimum absolute atomic E-state index is 0.0452. The van der Waals surface area contributed by atoms with Crippen LogP contribution in [0.1, 0.15) is 65.7 Å². The molecular formula is C34H37N3O. The van der Waals surface area contributed by atoms with Crippen molar-refractivity contribution in [3.8, 4) is 0 Å². The average Bonchev–Trinajstić information content (AvgIpc) is 3.49. The Hall–Kier alpha value is -3.47. The van der Waals surface area contributed by atoms with Gasteiger partial charge in [-0.15, -0.1) is 0 Å². The maximum Gasteiger partial charge on any atom is 0.254 e. The van der Waals surface area contributed by atoms with Gasteiger partial charge in [0.15, 0.2) is 0 Å². The van der Waals surface area contributed by atoms with E-state index in [2.05, 4.69) is 114 Å². The van der Waals surface area contributed by atoms with E-state index in [9.17, 15) is 4.79 Å². The Kier molecular flexibility index (Phi) is 6.77. The second-order valence-electron chi connectivity index (χ2n) is 11.2. The van der Waals surface area contributed by atoms with Crippen molar-refractivity contribution in [1.82, 2.24) is 15.5 Å².